The van der Waals surface area contributed by atoms with E-state index in [1.807, 2.05) is 25.1 Å². The summed E-state index contributed by atoms with van der Waals surface area (Å²) in [5, 5.41) is 15.1. The summed E-state index contributed by atoms with van der Waals surface area (Å²) in [6, 6.07) is 10.3. The van der Waals surface area contributed by atoms with Crippen molar-refractivity contribution in [2.24, 2.45) is 7.05 Å². The van der Waals surface area contributed by atoms with E-state index in [1.165, 1.54) is 23.9 Å². The standard InChI is InChI=1S/C20H18Cl3N5O2S/c1-11-5-3-4-6-12(11)19(30)24-9-17-26-27-20(28(17)2)31-10-18(29)25-16-8-14(22)13(21)7-15(16)23/h3-8H,9-10H2,1-2H3,(H,24,30)(H,25,29). The van der Waals surface area contributed by atoms with Gasteiger partial charge in [-0.25, -0.2) is 0 Å². The van der Waals surface area contributed by atoms with Crippen LogP contribution in [0.4, 0.5) is 5.69 Å². The molecule has 0 aliphatic carbocycles. The van der Waals surface area contributed by atoms with Crippen LogP contribution in [0.3, 0.4) is 0 Å². The number of carbonyl (C=O) groups excluding carboxylic acids is 2. The SMILES string of the molecule is Cc1ccccc1C(=O)NCc1nnc(SCC(=O)Nc2cc(Cl)c(Cl)cc2Cl)n1C. The van der Waals surface area contributed by atoms with Crippen LogP contribution in [0.15, 0.2) is 41.6 Å². The molecule has 0 radical (unpaired) electrons. The van der Waals surface area contributed by atoms with Gasteiger partial charge in [0.25, 0.3) is 5.91 Å². The molecule has 0 saturated carbocycles. The Morgan fingerprint density at radius 2 is 1.77 bits per heavy atom. The molecule has 0 aliphatic heterocycles. The van der Waals surface area contributed by atoms with Gasteiger partial charge in [-0.3, -0.25) is 9.59 Å². The van der Waals surface area contributed by atoms with E-state index >= 15 is 0 Å². The predicted octanol–water partition coefficient (Wildman–Crippen LogP) is 4.74. The quantitative estimate of drug-likeness (QED) is 0.363. The van der Waals surface area contributed by atoms with Crippen molar-refractivity contribution in [3.05, 3.63) is 68.4 Å². The van der Waals surface area contributed by atoms with Crippen LogP contribution in [0.2, 0.25) is 15.1 Å². The smallest absolute Gasteiger partial charge is 0.251 e. The zero-order valence-electron chi connectivity index (χ0n) is 16.6. The molecule has 11 heteroatoms. The maximum atomic E-state index is 12.4. The van der Waals surface area contributed by atoms with Crippen molar-refractivity contribution in [3.63, 3.8) is 0 Å². The number of halogens is 3. The van der Waals surface area contributed by atoms with Crippen molar-refractivity contribution in [1.29, 1.82) is 0 Å². The van der Waals surface area contributed by atoms with Gasteiger partial charge < -0.3 is 15.2 Å². The number of aromatic nitrogens is 3. The summed E-state index contributed by atoms with van der Waals surface area (Å²) < 4.78 is 1.72. The summed E-state index contributed by atoms with van der Waals surface area (Å²) in [6.07, 6.45) is 0. The summed E-state index contributed by atoms with van der Waals surface area (Å²) in [4.78, 5) is 24.6. The number of thioether (sulfide) groups is 1. The maximum absolute atomic E-state index is 12.4. The number of anilines is 1. The maximum Gasteiger partial charge on any atom is 0.251 e. The Bertz CT molecular complexity index is 1140. The number of amides is 2. The molecular weight excluding hydrogens is 481 g/mol. The van der Waals surface area contributed by atoms with Crippen LogP contribution in [-0.4, -0.2) is 32.3 Å². The van der Waals surface area contributed by atoms with E-state index in [4.69, 9.17) is 34.8 Å². The largest absolute Gasteiger partial charge is 0.345 e. The lowest BCUT2D eigenvalue weighted by Crippen LogP contribution is -2.25. The number of rotatable bonds is 7. The van der Waals surface area contributed by atoms with Crippen LogP contribution in [0.1, 0.15) is 21.7 Å². The highest BCUT2D eigenvalue weighted by molar-refractivity contribution is 7.99. The van der Waals surface area contributed by atoms with Crippen molar-refractivity contribution in [3.8, 4) is 0 Å². The van der Waals surface area contributed by atoms with E-state index in [1.54, 1.807) is 17.7 Å². The van der Waals surface area contributed by atoms with E-state index in [2.05, 4.69) is 20.8 Å². The van der Waals surface area contributed by atoms with E-state index in [0.717, 1.165) is 5.56 Å². The fourth-order valence-electron chi connectivity index (χ4n) is 2.64. The molecule has 0 saturated heterocycles. The van der Waals surface area contributed by atoms with Crippen molar-refractivity contribution in [2.75, 3.05) is 11.1 Å². The minimum absolute atomic E-state index is 0.0815. The summed E-state index contributed by atoms with van der Waals surface area (Å²) in [5.41, 5.74) is 1.87. The molecule has 2 aromatic carbocycles. The Morgan fingerprint density at radius 3 is 2.52 bits per heavy atom. The molecule has 0 atom stereocenters. The lowest BCUT2D eigenvalue weighted by molar-refractivity contribution is -0.113. The van der Waals surface area contributed by atoms with Crippen molar-refractivity contribution < 1.29 is 9.59 Å². The summed E-state index contributed by atoms with van der Waals surface area (Å²) in [6.45, 7) is 2.09. The average Bonchev–Trinajstić information content (AvgIpc) is 3.08. The molecule has 2 N–H and O–H groups in total. The van der Waals surface area contributed by atoms with Crippen LogP contribution in [0.5, 0.6) is 0 Å². The fourth-order valence-corrected chi connectivity index (χ4v) is 3.97. The summed E-state index contributed by atoms with van der Waals surface area (Å²) >= 11 is 19.1. The molecule has 0 fully saturated rings. The number of nitrogens with zero attached hydrogens (tertiary/aromatic N) is 3. The Labute approximate surface area is 198 Å². The van der Waals surface area contributed by atoms with Gasteiger partial charge >= 0.3 is 0 Å². The van der Waals surface area contributed by atoms with Crippen LogP contribution in [0, 0.1) is 6.92 Å². The first-order chi connectivity index (χ1) is 14.8. The first-order valence-corrected chi connectivity index (χ1v) is 11.2. The molecule has 0 spiro atoms. The second-order valence-electron chi connectivity index (χ2n) is 6.54. The summed E-state index contributed by atoms with van der Waals surface area (Å²) in [7, 11) is 1.77. The third-order valence-electron chi connectivity index (χ3n) is 4.34. The number of benzene rings is 2. The Hall–Kier alpha value is -2.26. The Kier molecular flexibility index (Phi) is 7.83. The van der Waals surface area contributed by atoms with Gasteiger partial charge in [0.15, 0.2) is 11.0 Å². The topological polar surface area (TPSA) is 88.9 Å². The highest BCUT2D eigenvalue weighted by atomic mass is 35.5. The van der Waals surface area contributed by atoms with Crippen molar-refractivity contribution in [2.45, 2.75) is 18.6 Å². The van der Waals surface area contributed by atoms with Crippen LogP contribution in [-0.2, 0) is 18.4 Å². The van der Waals surface area contributed by atoms with Crippen LogP contribution >= 0.6 is 46.6 Å². The van der Waals surface area contributed by atoms with Gasteiger partial charge in [-0.15, -0.1) is 10.2 Å². The lowest BCUT2D eigenvalue weighted by atomic mass is 10.1. The number of hydrogen-bond acceptors (Lipinski definition) is 5. The third-order valence-corrected chi connectivity index (χ3v) is 6.39. The van der Waals surface area contributed by atoms with Gasteiger partial charge in [0.05, 0.1) is 33.1 Å². The molecule has 2 amide bonds. The highest BCUT2D eigenvalue weighted by Crippen LogP contribution is 2.32. The Morgan fingerprint density at radius 1 is 1.06 bits per heavy atom. The molecular formula is C20H18Cl3N5O2S. The molecule has 7 nitrogen and oxygen atoms in total. The zero-order chi connectivity index (χ0) is 22.5. The number of hydrogen-bond donors (Lipinski definition) is 2. The van der Waals surface area contributed by atoms with E-state index in [0.29, 0.717) is 32.3 Å². The monoisotopic (exact) mass is 497 g/mol. The Balaban J connectivity index is 1.55. The first kappa shape index (κ1) is 23.4. The molecule has 0 aliphatic rings. The van der Waals surface area contributed by atoms with Gasteiger partial charge in [0.2, 0.25) is 5.91 Å². The molecule has 31 heavy (non-hydrogen) atoms. The van der Waals surface area contributed by atoms with Gasteiger partial charge in [-0.2, -0.15) is 0 Å². The van der Waals surface area contributed by atoms with Gasteiger partial charge in [-0.1, -0.05) is 64.8 Å². The van der Waals surface area contributed by atoms with Gasteiger partial charge in [0, 0.05) is 12.6 Å². The fraction of sp³-hybridized carbons (Fsp3) is 0.200. The molecule has 1 heterocycles. The van der Waals surface area contributed by atoms with E-state index in [9.17, 15) is 9.59 Å². The first-order valence-electron chi connectivity index (χ1n) is 9.05. The second-order valence-corrected chi connectivity index (χ2v) is 8.70. The van der Waals surface area contributed by atoms with Gasteiger partial charge in [-0.05, 0) is 30.7 Å². The molecule has 0 unspecified atom stereocenters. The minimum Gasteiger partial charge on any atom is -0.345 e. The number of nitrogens with one attached hydrogen (secondary N) is 2. The normalized spacial score (nSPS) is 10.7. The average molecular weight is 499 g/mol. The van der Waals surface area contributed by atoms with E-state index < -0.39 is 0 Å². The number of aryl methyl sites for hydroxylation is 1. The van der Waals surface area contributed by atoms with Crippen molar-refractivity contribution in [1.82, 2.24) is 20.1 Å². The molecule has 162 valence electrons. The lowest BCUT2D eigenvalue weighted by Gasteiger charge is -2.09. The third kappa shape index (κ3) is 5.92. The highest BCUT2D eigenvalue weighted by Gasteiger charge is 2.15. The molecule has 3 aromatic rings. The predicted molar refractivity (Wildman–Crippen MR) is 124 cm³/mol. The molecule has 0 bridgehead atoms. The summed E-state index contributed by atoms with van der Waals surface area (Å²) in [5.74, 6) is 0.172. The molecule has 1 aromatic heterocycles. The van der Waals surface area contributed by atoms with Crippen LogP contribution < -0.4 is 10.6 Å². The molecule has 3 rings (SSSR count). The van der Waals surface area contributed by atoms with Crippen LogP contribution in [0.25, 0.3) is 0 Å². The van der Waals surface area contributed by atoms with Gasteiger partial charge in [0.1, 0.15) is 0 Å². The van der Waals surface area contributed by atoms with Crippen molar-refractivity contribution >= 4 is 64.1 Å². The minimum atomic E-state index is -0.289. The zero-order valence-corrected chi connectivity index (χ0v) is 19.7. The second kappa shape index (κ2) is 10.4. The van der Waals surface area contributed by atoms with E-state index in [-0.39, 0.29) is 29.1 Å². The number of carbonyl (C=O) groups is 2.